The van der Waals surface area contributed by atoms with Crippen LogP contribution in [0.5, 0.6) is 0 Å². The maximum absolute atomic E-state index is 13.3. The minimum Gasteiger partial charge on any atom is -0.451 e. The van der Waals surface area contributed by atoms with Crippen LogP contribution in [0.1, 0.15) is 23.0 Å². The first-order chi connectivity index (χ1) is 12.7. The molecule has 0 saturated carbocycles. The lowest BCUT2D eigenvalue weighted by Crippen LogP contribution is -2.43. The summed E-state index contributed by atoms with van der Waals surface area (Å²) in [6.45, 7) is 1.55. The Bertz CT molecular complexity index is 1000. The van der Waals surface area contributed by atoms with E-state index in [2.05, 4.69) is 0 Å². The van der Waals surface area contributed by atoms with Crippen LogP contribution in [-0.4, -0.2) is 55.9 Å². The van der Waals surface area contributed by atoms with E-state index in [0.29, 0.717) is 23.1 Å². The van der Waals surface area contributed by atoms with Crippen LogP contribution >= 0.6 is 22.9 Å². The van der Waals surface area contributed by atoms with Gasteiger partial charge in [0.2, 0.25) is 0 Å². The van der Waals surface area contributed by atoms with Crippen LogP contribution in [0, 0.1) is 5.82 Å². The van der Waals surface area contributed by atoms with Gasteiger partial charge in [0.1, 0.15) is 10.7 Å². The molecule has 0 aliphatic carbocycles. The van der Waals surface area contributed by atoms with Crippen molar-refractivity contribution in [2.45, 2.75) is 19.4 Å². The van der Waals surface area contributed by atoms with Crippen LogP contribution in [0.25, 0.3) is 10.1 Å². The Morgan fingerprint density at radius 2 is 2.15 bits per heavy atom. The summed E-state index contributed by atoms with van der Waals surface area (Å²) in [5, 5.41) is 0.689. The molecule has 2 aromatic rings. The second-order valence-electron chi connectivity index (χ2n) is 6.20. The van der Waals surface area contributed by atoms with E-state index in [-0.39, 0.29) is 21.4 Å². The minimum atomic E-state index is -3.13. The Morgan fingerprint density at radius 3 is 2.78 bits per heavy atom. The van der Waals surface area contributed by atoms with Crippen LogP contribution in [0.2, 0.25) is 5.02 Å². The largest absolute Gasteiger partial charge is 0.451 e. The van der Waals surface area contributed by atoms with Crippen molar-refractivity contribution in [1.82, 2.24) is 4.90 Å². The van der Waals surface area contributed by atoms with Crippen molar-refractivity contribution < 1.29 is 27.1 Å². The molecule has 146 valence electrons. The summed E-state index contributed by atoms with van der Waals surface area (Å²) in [5.41, 5.74) is 0. The molecule has 1 aromatic carbocycles. The molecular formula is C17H17ClFNO5S2. The third-order valence-corrected chi connectivity index (χ3v) is 7.80. The number of amides is 1. The Balaban J connectivity index is 1.68. The normalized spacial score (nSPS) is 18.6. The number of fused-ring (bicyclic) bond motifs is 1. The molecule has 1 fully saturated rings. The quantitative estimate of drug-likeness (QED) is 0.677. The summed E-state index contributed by atoms with van der Waals surface area (Å²) < 4.78 is 42.1. The lowest BCUT2D eigenvalue weighted by Gasteiger charge is -2.26. The van der Waals surface area contributed by atoms with Gasteiger partial charge in [-0.15, -0.1) is 11.3 Å². The number of sulfone groups is 1. The lowest BCUT2D eigenvalue weighted by molar-refractivity contribution is -0.136. The number of likely N-dealkylation sites (N-methyl/N-ethyl adjacent to an activating group) is 1. The van der Waals surface area contributed by atoms with Crippen LogP contribution in [0.15, 0.2) is 18.2 Å². The molecule has 2 heterocycles. The smallest absolute Gasteiger partial charge is 0.350 e. The summed E-state index contributed by atoms with van der Waals surface area (Å²) >= 11 is 7.16. The molecule has 0 bridgehead atoms. The van der Waals surface area contributed by atoms with E-state index in [1.165, 1.54) is 23.1 Å². The van der Waals surface area contributed by atoms with Crippen LogP contribution in [0.4, 0.5) is 4.39 Å². The van der Waals surface area contributed by atoms with E-state index in [1.54, 1.807) is 6.92 Å². The SMILES string of the molecule is CCN(C(=O)COC(=O)c1sc2cc(F)ccc2c1Cl)C1CCS(=O)(=O)C1. The van der Waals surface area contributed by atoms with Gasteiger partial charge in [0, 0.05) is 22.7 Å². The van der Waals surface area contributed by atoms with Gasteiger partial charge in [-0.2, -0.15) is 0 Å². The Labute approximate surface area is 164 Å². The fourth-order valence-electron chi connectivity index (χ4n) is 3.11. The van der Waals surface area contributed by atoms with E-state index < -0.39 is 40.2 Å². The van der Waals surface area contributed by atoms with Gasteiger partial charge in [0.05, 0.1) is 16.5 Å². The molecule has 1 atom stereocenters. The zero-order valence-corrected chi connectivity index (χ0v) is 16.8. The van der Waals surface area contributed by atoms with Gasteiger partial charge >= 0.3 is 5.97 Å². The maximum Gasteiger partial charge on any atom is 0.350 e. The lowest BCUT2D eigenvalue weighted by atomic mass is 10.2. The van der Waals surface area contributed by atoms with Gasteiger partial charge in [-0.1, -0.05) is 11.6 Å². The predicted molar refractivity (Wildman–Crippen MR) is 102 cm³/mol. The third-order valence-electron chi connectivity index (χ3n) is 4.41. The average molecular weight is 434 g/mol. The van der Waals surface area contributed by atoms with Gasteiger partial charge in [0.25, 0.3) is 5.91 Å². The molecule has 1 amide bonds. The standard InChI is InChI=1S/C17H17ClFNO5S2/c1-2-20(11-5-6-27(23,24)9-11)14(21)8-25-17(22)16-15(18)12-4-3-10(19)7-13(12)26-16/h3-4,7,11H,2,5-6,8-9H2,1H3. The third kappa shape index (κ3) is 4.25. The zero-order chi connectivity index (χ0) is 19.8. The second kappa shape index (κ2) is 7.73. The number of halogens is 2. The first kappa shape index (κ1) is 20.0. The molecule has 3 rings (SSSR count). The first-order valence-electron chi connectivity index (χ1n) is 8.26. The number of rotatable bonds is 5. The summed E-state index contributed by atoms with van der Waals surface area (Å²) in [4.78, 5) is 26.2. The molecule has 0 radical (unpaired) electrons. The van der Waals surface area contributed by atoms with E-state index in [9.17, 15) is 22.4 Å². The van der Waals surface area contributed by atoms with E-state index in [0.717, 1.165) is 11.3 Å². The van der Waals surface area contributed by atoms with Crippen molar-refractivity contribution in [3.8, 4) is 0 Å². The summed E-state index contributed by atoms with van der Waals surface area (Å²) in [6, 6.07) is 3.59. The van der Waals surface area contributed by atoms with Gasteiger partial charge < -0.3 is 9.64 Å². The fraction of sp³-hybridized carbons (Fsp3) is 0.412. The predicted octanol–water partition coefficient (Wildman–Crippen LogP) is 2.89. The number of benzene rings is 1. The number of ether oxygens (including phenoxy) is 1. The molecule has 27 heavy (non-hydrogen) atoms. The van der Waals surface area contributed by atoms with E-state index >= 15 is 0 Å². The number of carbonyl (C=O) groups excluding carboxylic acids is 2. The molecule has 1 aromatic heterocycles. The molecule has 10 heteroatoms. The van der Waals surface area contributed by atoms with Crippen molar-refractivity contribution in [2.75, 3.05) is 24.7 Å². The Hall–Kier alpha value is -1.71. The van der Waals surface area contributed by atoms with Crippen LogP contribution < -0.4 is 0 Å². The first-order valence-corrected chi connectivity index (χ1v) is 11.3. The highest BCUT2D eigenvalue weighted by Gasteiger charge is 2.34. The van der Waals surface area contributed by atoms with Crippen LogP contribution in [-0.2, 0) is 19.4 Å². The topological polar surface area (TPSA) is 80.8 Å². The van der Waals surface area contributed by atoms with Gasteiger partial charge in [-0.05, 0) is 31.5 Å². The molecule has 0 N–H and O–H groups in total. The average Bonchev–Trinajstić information content (AvgIpc) is 3.13. The highest BCUT2D eigenvalue weighted by Crippen LogP contribution is 2.36. The van der Waals surface area contributed by atoms with Crippen molar-refractivity contribution in [3.63, 3.8) is 0 Å². The van der Waals surface area contributed by atoms with E-state index in [4.69, 9.17) is 16.3 Å². The van der Waals surface area contributed by atoms with Crippen molar-refractivity contribution >= 4 is 54.7 Å². The molecular weight excluding hydrogens is 417 g/mol. The zero-order valence-electron chi connectivity index (χ0n) is 14.4. The molecule has 1 saturated heterocycles. The minimum absolute atomic E-state index is 0.0508. The maximum atomic E-state index is 13.3. The number of esters is 1. The summed E-state index contributed by atoms with van der Waals surface area (Å²) in [5.74, 6) is -1.70. The fourth-order valence-corrected chi connectivity index (χ4v) is 6.26. The van der Waals surface area contributed by atoms with Crippen molar-refractivity contribution in [2.24, 2.45) is 0 Å². The number of hydrogen-bond donors (Lipinski definition) is 0. The highest BCUT2D eigenvalue weighted by molar-refractivity contribution is 7.91. The van der Waals surface area contributed by atoms with Gasteiger partial charge in [0.15, 0.2) is 16.4 Å². The number of nitrogens with zero attached hydrogens (tertiary/aromatic N) is 1. The summed E-state index contributed by atoms with van der Waals surface area (Å²) in [7, 11) is -3.13. The number of thiophene rings is 1. The molecule has 6 nitrogen and oxygen atoms in total. The van der Waals surface area contributed by atoms with E-state index in [1.807, 2.05) is 0 Å². The number of carbonyl (C=O) groups is 2. The second-order valence-corrected chi connectivity index (χ2v) is 9.86. The monoisotopic (exact) mass is 433 g/mol. The molecule has 1 unspecified atom stereocenters. The summed E-state index contributed by atoms with van der Waals surface area (Å²) in [6.07, 6.45) is 0.379. The van der Waals surface area contributed by atoms with Gasteiger partial charge in [-0.25, -0.2) is 17.6 Å². The van der Waals surface area contributed by atoms with Crippen molar-refractivity contribution in [3.05, 3.63) is 33.9 Å². The Morgan fingerprint density at radius 1 is 1.41 bits per heavy atom. The van der Waals surface area contributed by atoms with Crippen LogP contribution in [0.3, 0.4) is 0 Å². The Kier molecular flexibility index (Phi) is 5.73. The highest BCUT2D eigenvalue weighted by atomic mass is 35.5. The molecule has 0 spiro atoms. The van der Waals surface area contributed by atoms with Gasteiger partial charge in [-0.3, -0.25) is 4.79 Å². The van der Waals surface area contributed by atoms with Crippen molar-refractivity contribution in [1.29, 1.82) is 0 Å². The molecule has 1 aliphatic heterocycles. The molecule has 1 aliphatic rings. The number of hydrogen-bond acceptors (Lipinski definition) is 6.